The number of nitrogens with two attached hydrogens (primary N) is 1. The zero-order valence-electron chi connectivity index (χ0n) is 10.2. The third kappa shape index (κ3) is 3.08. The molecule has 0 aliphatic carbocycles. The number of hydrogen-bond acceptors (Lipinski definition) is 3. The number of halogens is 1. The molecule has 2 aromatic carbocycles. The highest BCUT2D eigenvalue weighted by atomic mass is 79.9. The molecule has 0 spiro atoms. The average Bonchev–Trinajstić information content (AvgIpc) is 2.35. The molecule has 4 nitrogen and oxygen atoms in total. The molecule has 6 heteroatoms. The minimum atomic E-state index is -3.63. The van der Waals surface area contributed by atoms with Crippen molar-refractivity contribution in [3.63, 3.8) is 0 Å². The number of para-hydroxylation sites is 1. The lowest BCUT2D eigenvalue weighted by Gasteiger charge is -2.11. The van der Waals surface area contributed by atoms with Gasteiger partial charge in [0.15, 0.2) is 0 Å². The van der Waals surface area contributed by atoms with Crippen molar-refractivity contribution in [3.8, 4) is 0 Å². The second-order valence-corrected chi connectivity index (χ2v) is 6.64. The SMILES string of the molecule is Cc1ccccc1NS(=O)(=O)c1ccc(Br)c(N)c1. The Balaban J connectivity index is 2.38. The molecule has 0 aliphatic rings. The maximum atomic E-state index is 12.2. The van der Waals surface area contributed by atoms with E-state index in [1.165, 1.54) is 12.1 Å². The van der Waals surface area contributed by atoms with Gasteiger partial charge in [0.05, 0.1) is 10.6 Å². The number of benzene rings is 2. The fourth-order valence-electron chi connectivity index (χ4n) is 1.58. The van der Waals surface area contributed by atoms with Crippen molar-refractivity contribution in [2.45, 2.75) is 11.8 Å². The maximum absolute atomic E-state index is 12.2. The van der Waals surface area contributed by atoms with Crippen LogP contribution in [-0.2, 0) is 10.0 Å². The van der Waals surface area contributed by atoms with Crippen molar-refractivity contribution in [3.05, 3.63) is 52.5 Å². The van der Waals surface area contributed by atoms with Gasteiger partial charge in [-0.3, -0.25) is 4.72 Å². The molecule has 19 heavy (non-hydrogen) atoms. The van der Waals surface area contributed by atoms with Gasteiger partial charge in [-0.1, -0.05) is 18.2 Å². The van der Waals surface area contributed by atoms with Crippen LogP contribution in [0.25, 0.3) is 0 Å². The molecule has 0 saturated carbocycles. The third-order valence-corrected chi connectivity index (χ3v) is 4.75. The first kappa shape index (κ1) is 13.9. The third-order valence-electron chi connectivity index (χ3n) is 2.67. The lowest BCUT2D eigenvalue weighted by molar-refractivity contribution is 0.601. The quantitative estimate of drug-likeness (QED) is 0.843. The first-order valence-electron chi connectivity index (χ1n) is 5.53. The molecule has 0 atom stereocenters. The second-order valence-electron chi connectivity index (χ2n) is 4.10. The number of rotatable bonds is 3. The highest BCUT2D eigenvalue weighted by molar-refractivity contribution is 9.10. The predicted octanol–water partition coefficient (Wildman–Crippen LogP) is 3.14. The Hall–Kier alpha value is -1.53. The van der Waals surface area contributed by atoms with Gasteiger partial charge in [0.2, 0.25) is 0 Å². The van der Waals surface area contributed by atoms with Crippen LogP contribution in [0.1, 0.15) is 5.56 Å². The van der Waals surface area contributed by atoms with E-state index in [1.54, 1.807) is 18.2 Å². The van der Waals surface area contributed by atoms with Crippen molar-refractivity contribution in [1.29, 1.82) is 0 Å². The summed E-state index contributed by atoms with van der Waals surface area (Å²) >= 11 is 3.23. The van der Waals surface area contributed by atoms with Crippen molar-refractivity contribution in [2.24, 2.45) is 0 Å². The summed E-state index contributed by atoms with van der Waals surface area (Å²) in [6.07, 6.45) is 0. The second kappa shape index (κ2) is 5.22. The molecule has 0 aliphatic heterocycles. The van der Waals surface area contributed by atoms with Crippen molar-refractivity contribution < 1.29 is 8.42 Å². The predicted molar refractivity (Wildman–Crippen MR) is 80.5 cm³/mol. The molecule has 2 aromatic rings. The van der Waals surface area contributed by atoms with Gasteiger partial charge in [0.1, 0.15) is 0 Å². The van der Waals surface area contributed by atoms with Gasteiger partial charge in [0, 0.05) is 10.2 Å². The van der Waals surface area contributed by atoms with Crippen molar-refractivity contribution in [1.82, 2.24) is 0 Å². The number of aryl methyl sites for hydroxylation is 1. The van der Waals surface area contributed by atoms with E-state index in [0.29, 0.717) is 15.8 Å². The first-order valence-corrected chi connectivity index (χ1v) is 7.81. The molecular formula is C13H13BrN2O2S. The summed E-state index contributed by atoms with van der Waals surface area (Å²) in [5.41, 5.74) is 7.50. The molecule has 0 bridgehead atoms. The molecule has 100 valence electrons. The lowest BCUT2D eigenvalue weighted by Crippen LogP contribution is -2.14. The summed E-state index contributed by atoms with van der Waals surface area (Å²) in [7, 11) is -3.63. The fourth-order valence-corrected chi connectivity index (χ4v) is 2.99. The standard InChI is InChI=1S/C13H13BrN2O2S/c1-9-4-2-3-5-13(9)16-19(17,18)10-6-7-11(14)12(15)8-10/h2-8,16H,15H2,1H3. The van der Waals surface area contributed by atoms with E-state index >= 15 is 0 Å². The van der Waals surface area contributed by atoms with Crippen LogP contribution in [0.2, 0.25) is 0 Å². The molecular weight excluding hydrogens is 328 g/mol. The Labute approximate surface area is 120 Å². The Morgan fingerprint density at radius 1 is 1.16 bits per heavy atom. The van der Waals surface area contributed by atoms with Crippen LogP contribution in [0.15, 0.2) is 51.8 Å². The Morgan fingerprint density at radius 3 is 2.47 bits per heavy atom. The van der Waals surface area contributed by atoms with Gasteiger partial charge in [-0.05, 0) is 52.7 Å². The maximum Gasteiger partial charge on any atom is 0.261 e. The molecule has 0 amide bonds. The molecule has 3 N–H and O–H groups in total. The minimum absolute atomic E-state index is 0.136. The van der Waals surface area contributed by atoms with Gasteiger partial charge in [-0.2, -0.15) is 0 Å². The zero-order chi connectivity index (χ0) is 14.0. The first-order chi connectivity index (χ1) is 8.90. The van der Waals surface area contributed by atoms with E-state index in [2.05, 4.69) is 20.7 Å². The van der Waals surface area contributed by atoms with E-state index in [0.717, 1.165) is 5.56 Å². The van der Waals surface area contributed by atoms with E-state index < -0.39 is 10.0 Å². The summed E-state index contributed by atoms with van der Waals surface area (Å²) in [5, 5.41) is 0. The highest BCUT2D eigenvalue weighted by Gasteiger charge is 2.15. The summed E-state index contributed by atoms with van der Waals surface area (Å²) in [6, 6.07) is 11.7. The number of nitrogens with one attached hydrogen (secondary N) is 1. The van der Waals surface area contributed by atoms with Crippen LogP contribution < -0.4 is 10.5 Å². The summed E-state index contributed by atoms with van der Waals surface area (Å²) < 4.78 is 27.7. The molecule has 0 aromatic heterocycles. The monoisotopic (exact) mass is 340 g/mol. The normalized spacial score (nSPS) is 11.3. The van der Waals surface area contributed by atoms with Crippen LogP contribution >= 0.6 is 15.9 Å². The van der Waals surface area contributed by atoms with Crippen molar-refractivity contribution in [2.75, 3.05) is 10.5 Å². The molecule has 2 rings (SSSR count). The summed E-state index contributed by atoms with van der Waals surface area (Å²) in [4.78, 5) is 0.136. The van der Waals surface area contributed by atoms with Crippen LogP contribution in [0.5, 0.6) is 0 Å². The molecule has 0 unspecified atom stereocenters. The number of anilines is 2. The van der Waals surface area contributed by atoms with Crippen LogP contribution in [0, 0.1) is 6.92 Å². The molecule has 0 radical (unpaired) electrons. The topological polar surface area (TPSA) is 72.2 Å². The molecule has 0 saturated heterocycles. The number of nitrogen functional groups attached to an aromatic ring is 1. The van der Waals surface area contributed by atoms with Gasteiger partial charge in [-0.25, -0.2) is 8.42 Å². The van der Waals surface area contributed by atoms with Gasteiger partial charge in [0.25, 0.3) is 10.0 Å². The lowest BCUT2D eigenvalue weighted by atomic mass is 10.2. The largest absolute Gasteiger partial charge is 0.398 e. The Morgan fingerprint density at radius 2 is 1.84 bits per heavy atom. The van der Waals surface area contributed by atoms with E-state index in [-0.39, 0.29) is 4.90 Å². The van der Waals surface area contributed by atoms with Crippen LogP contribution in [0.4, 0.5) is 11.4 Å². The van der Waals surface area contributed by atoms with E-state index in [1.807, 2.05) is 19.1 Å². The number of sulfonamides is 1. The molecule has 0 fully saturated rings. The smallest absolute Gasteiger partial charge is 0.261 e. The average molecular weight is 341 g/mol. The van der Waals surface area contributed by atoms with Crippen LogP contribution in [-0.4, -0.2) is 8.42 Å². The van der Waals surface area contributed by atoms with Crippen molar-refractivity contribution >= 4 is 37.3 Å². The van der Waals surface area contributed by atoms with Gasteiger partial charge >= 0.3 is 0 Å². The van der Waals surface area contributed by atoms with E-state index in [4.69, 9.17) is 5.73 Å². The summed E-state index contributed by atoms with van der Waals surface area (Å²) in [5.74, 6) is 0. The Bertz CT molecular complexity index is 714. The summed E-state index contributed by atoms with van der Waals surface area (Å²) in [6.45, 7) is 1.84. The Kier molecular flexibility index (Phi) is 3.82. The zero-order valence-corrected chi connectivity index (χ0v) is 12.6. The number of hydrogen-bond donors (Lipinski definition) is 2. The van der Waals surface area contributed by atoms with Crippen LogP contribution in [0.3, 0.4) is 0 Å². The van der Waals surface area contributed by atoms with Gasteiger partial charge in [-0.15, -0.1) is 0 Å². The van der Waals surface area contributed by atoms with Gasteiger partial charge < -0.3 is 5.73 Å². The molecule has 0 heterocycles. The fraction of sp³-hybridized carbons (Fsp3) is 0.0769. The van der Waals surface area contributed by atoms with E-state index in [9.17, 15) is 8.42 Å². The minimum Gasteiger partial charge on any atom is -0.398 e. The highest BCUT2D eigenvalue weighted by Crippen LogP contribution is 2.25.